The van der Waals surface area contributed by atoms with Crippen LogP contribution >= 0.6 is 11.6 Å². The van der Waals surface area contributed by atoms with Gasteiger partial charge in [0.1, 0.15) is 5.75 Å². The van der Waals surface area contributed by atoms with Crippen LogP contribution in [0.3, 0.4) is 0 Å². The summed E-state index contributed by atoms with van der Waals surface area (Å²) in [5, 5.41) is 0.657. The lowest BCUT2D eigenvalue weighted by atomic mass is 10.2. The second-order valence-corrected chi connectivity index (χ2v) is 6.08. The quantitative estimate of drug-likeness (QED) is 0.750. The standard InChI is InChI=1S/C19H20ClNO4/c1-2-21(12-14-3-8-17-18(11-14)25-13-24-17)19(22)9-10-23-16-6-4-15(20)5-7-16/h3-8,11H,2,9-10,12-13H2,1H3. The Labute approximate surface area is 152 Å². The molecule has 0 aliphatic carbocycles. The maximum Gasteiger partial charge on any atom is 0.231 e. The molecule has 0 radical (unpaired) electrons. The van der Waals surface area contributed by atoms with Crippen LogP contribution in [-0.2, 0) is 11.3 Å². The highest BCUT2D eigenvalue weighted by Gasteiger charge is 2.16. The van der Waals surface area contributed by atoms with Gasteiger partial charge >= 0.3 is 0 Å². The number of ether oxygens (including phenoxy) is 3. The van der Waals surface area contributed by atoms with Crippen molar-refractivity contribution < 1.29 is 19.0 Å². The summed E-state index contributed by atoms with van der Waals surface area (Å²) >= 11 is 5.84. The van der Waals surface area contributed by atoms with Gasteiger partial charge < -0.3 is 19.1 Å². The average molecular weight is 362 g/mol. The van der Waals surface area contributed by atoms with Gasteiger partial charge in [0.2, 0.25) is 12.7 Å². The van der Waals surface area contributed by atoms with Crippen LogP contribution in [0.25, 0.3) is 0 Å². The predicted octanol–water partition coefficient (Wildman–Crippen LogP) is 3.89. The molecule has 1 aliphatic heterocycles. The molecule has 0 fully saturated rings. The van der Waals surface area contributed by atoms with Crippen LogP contribution in [0.5, 0.6) is 17.2 Å². The zero-order valence-corrected chi connectivity index (χ0v) is 14.8. The van der Waals surface area contributed by atoms with Crippen molar-refractivity contribution in [1.29, 1.82) is 0 Å². The number of amides is 1. The second kappa shape index (κ2) is 8.12. The molecule has 0 aromatic heterocycles. The van der Waals surface area contributed by atoms with Crippen molar-refractivity contribution in [2.24, 2.45) is 0 Å². The van der Waals surface area contributed by atoms with Crippen molar-refractivity contribution >= 4 is 17.5 Å². The number of carbonyl (C=O) groups is 1. The maximum atomic E-state index is 12.4. The molecule has 25 heavy (non-hydrogen) atoms. The predicted molar refractivity (Wildman–Crippen MR) is 95.2 cm³/mol. The molecule has 2 aromatic rings. The summed E-state index contributed by atoms with van der Waals surface area (Å²) in [6.45, 7) is 3.71. The number of carbonyl (C=O) groups excluding carboxylic acids is 1. The molecule has 3 rings (SSSR count). The maximum absolute atomic E-state index is 12.4. The molecule has 132 valence electrons. The Bertz CT molecular complexity index is 733. The summed E-state index contributed by atoms with van der Waals surface area (Å²) in [7, 11) is 0. The normalized spacial score (nSPS) is 12.1. The van der Waals surface area contributed by atoms with Crippen LogP contribution in [0.1, 0.15) is 18.9 Å². The number of rotatable bonds is 7. The van der Waals surface area contributed by atoms with Gasteiger partial charge in [-0.2, -0.15) is 0 Å². The third kappa shape index (κ3) is 4.57. The molecule has 0 unspecified atom stereocenters. The molecular weight excluding hydrogens is 342 g/mol. The summed E-state index contributed by atoms with van der Waals surface area (Å²) in [5.41, 5.74) is 1.01. The van der Waals surface area contributed by atoms with Crippen molar-refractivity contribution in [3.63, 3.8) is 0 Å². The summed E-state index contributed by atoms with van der Waals surface area (Å²) in [5.74, 6) is 2.23. The zero-order chi connectivity index (χ0) is 17.6. The first-order valence-corrected chi connectivity index (χ1v) is 8.58. The van der Waals surface area contributed by atoms with Crippen molar-refractivity contribution in [3.05, 3.63) is 53.1 Å². The summed E-state index contributed by atoms with van der Waals surface area (Å²) in [4.78, 5) is 14.2. The van der Waals surface area contributed by atoms with E-state index in [2.05, 4.69) is 0 Å². The molecule has 1 heterocycles. The van der Waals surface area contributed by atoms with E-state index < -0.39 is 0 Å². The molecule has 1 aliphatic rings. The second-order valence-electron chi connectivity index (χ2n) is 5.65. The molecular formula is C19H20ClNO4. The van der Waals surface area contributed by atoms with E-state index in [1.54, 1.807) is 29.2 Å². The summed E-state index contributed by atoms with van der Waals surface area (Å²) < 4.78 is 16.3. The van der Waals surface area contributed by atoms with Crippen LogP contribution in [0.2, 0.25) is 5.02 Å². The molecule has 0 N–H and O–H groups in total. The first kappa shape index (κ1) is 17.4. The highest BCUT2D eigenvalue weighted by Crippen LogP contribution is 2.32. The van der Waals surface area contributed by atoms with Crippen LogP contribution in [0.4, 0.5) is 0 Å². The van der Waals surface area contributed by atoms with E-state index >= 15 is 0 Å². The van der Waals surface area contributed by atoms with Gasteiger partial charge in [0.25, 0.3) is 0 Å². The van der Waals surface area contributed by atoms with E-state index in [0.29, 0.717) is 36.9 Å². The number of nitrogens with zero attached hydrogens (tertiary/aromatic N) is 1. The third-order valence-corrected chi connectivity index (χ3v) is 4.20. The Hall–Kier alpha value is -2.40. The Morgan fingerprint density at radius 1 is 1.16 bits per heavy atom. The van der Waals surface area contributed by atoms with Crippen LogP contribution < -0.4 is 14.2 Å². The average Bonchev–Trinajstić information content (AvgIpc) is 3.09. The van der Waals surface area contributed by atoms with Gasteiger partial charge in [-0.25, -0.2) is 0 Å². The first-order chi connectivity index (χ1) is 12.2. The lowest BCUT2D eigenvalue weighted by Gasteiger charge is -2.21. The fourth-order valence-electron chi connectivity index (χ4n) is 2.58. The molecule has 0 spiro atoms. The van der Waals surface area contributed by atoms with Gasteiger partial charge in [-0.05, 0) is 48.9 Å². The van der Waals surface area contributed by atoms with E-state index in [-0.39, 0.29) is 12.7 Å². The van der Waals surface area contributed by atoms with Crippen molar-refractivity contribution in [3.8, 4) is 17.2 Å². The van der Waals surface area contributed by atoms with Crippen molar-refractivity contribution in [2.45, 2.75) is 19.9 Å². The molecule has 2 aromatic carbocycles. The molecule has 5 nitrogen and oxygen atoms in total. The van der Waals surface area contributed by atoms with E-state index in [1.807, 2.05) is 25.1 Å². The van der Waals surface area contributed by atoms with Crippen LogP contribution in [0, 0.1) is 0 Å². The van der Waals surface area contributed by atoms with Crippen LogP contribution in [0.15, 0.2) is 42.5 Å². The number of fused-ring (bicyclic) bond motifs is 1. The number of hydrogen-bond donors (Lipinski definition) is 0. The van der Waals surface area contributed by atoms with Gasteiger partial charge in [0.05, 0.1) is 13.0 Å². The Morgan fingerprint density at radius 3 is 2.68 bits per heavy atom. The fourth-order valence-corrected chi connectivity index (χ4v) is 2.71. The monoisotopic (exact) mass is 361 g/mol. The fraction of sp³-hybridized carbons (Fsp3) is 0.316. The molecule has 0 saturated carbocycles. The number of hydrogen-bond acceptors (Lipinski definition) is 4. The Kier molecular flexibility index (Phi) is 5.66. The largest absolute Gasteiger partial charge is 0.493 e. The first-order valence-electron chi connectivity index (χ1n) is 8.20. The smallest absolute Gasteiger partial charge is 0.231 e. The van der Waals surface area contributed by atoms with E-state index in [0.717, 1.165) is 17.1 Å². The van der Waals surface area contributed by atoms with E-state index in [9.17, 15) is 4.79 Å². The third-order valence-electron chi connectivity index (χ3n) is 3.94. The number of benzene rings is 2. The summed E-state index contributed by atoms with van der Waals surface area (Å²) in [6, 6.07) is 12.8. The molecule has 0 saturated heterocycles. The van der Waals surface area contributed by atoms with E-state index in [4.69, 9.17) is 25.8 Å². The van der Waals surface area contributed by atoms with Gasteiger partial charge in [-0.1, -0.05) is 17.7 Å². The minimum atomic E-state index is 0.0501. The lowest BCUT2D eigenvalue weighted by molar-refractivity contribution is -0.132. The van der Waals surface area contributed by atoms with Crippen molar-refractivity contribution in [1.82, 2.24) is 4.90 Å². The molecule has 0 atom stereocenters. The van der Waals surface area contributed by atoms with Gasteiger partial charge in [-0.3, -0.25) is 4.79 Å². The number of halogens is 1. The minimum absolute atomic E-state index is 0.0501. The molecule has 0 bridgehead atoms. The highest BCUT2D eigenvalue weighted by molar-refractivity contribution is 6.30. The summed E-state index contributed by atoms with van der Waals surface area (Å²) in [6.07, 6.45) is 0.320. The highest BCUT2D eigenvalue weighted by atomic mass is 35.5. The Balaban J connectivity index is 1.51. The topological polar surface area (TPSA) is 48.0 Å². The van der Waals surface area contributed by atoms with Gasteiger partial charge in [-0.15, -0.1) is 0 Å². The zero-order valence-electron chi connectivity index (χ0n) is 14.0. The SMILES string of the molecule is CCN(Cc1ccc2c(c1)OCO2)C(=O)CCOc1ccc(Cl)cc1. The lowest BCUT2D eigenvalue weighted by Crippen LogP contribution is -2.31. The minimum Gasteiger partial charge on any atom is -0.493 e. The van der Waals surface area contributed by atoms with Gasteiger partial charge in [0, 0.05) is 18.1 Å². The van der Waals surface area contributed by atoms with Gasteiger partial charge in [0.15, 0.2) is 11.5 Å². The van der Waals surface area contributed by atoms with E-state index in [1.165, 1.54) is 0 Å². The Morgan fingerprint density at radius 2 is 1.92 bits per heavy atom. The molecule has 1 amide bonds. The van der Waals surface area contributed by atoms with Crippen molar-refractivity contribution in [2.75, 3.05) is 19.9 Å². The van der Waals surface area contributed by atoms with Crippen LogP contribution in [-0.4, -0.2) is 30.8 Å². The molecule has 6 heteroatoms.